The Bertz CT molecular complexity index is 1020. The molecular formula is C28H36Si. The zero-order valence-corrected chi connectivity index (χ0v) is 20.5. The van der Waals surface area contributed by atoms with E-state index in [-0.39, 0.29) is 10.8 Å². The molecule has 0 aliphatic heterocycles. The quantitative estimate of drug-likeness (QED) is 0.447. The number of fused-ring (bicyclic) bond motifs is 2. The molecule has 0 nitrogen and oxygen atoms in total. The van der Waals surface area contributed by atoms with Crippen molar-refractivity contribution in [2.24, 2.45) is 10.8 Å². The molecule has 152 valence electrons. The lowest BCUT2D eigenvalue weighted by atomic mass is 9.85. The van der Waals surface area contributed by atoms with Crippen molar-refractivity contribution >= 4 is 19.3 Å². The summed E-state index contributed by atoms with van der Waals surface area (Å²) in [5, 5.41) is 1.72. The molecule has 0 radical (unpaired) electrons. The van der Waals surface area contributed by atoms with Crippen molar-refractivity contribution in [2.45, 2.75) is 66.6 Å². The van der Waals surface area contributed by atoms with Gasteiger partial charge in [-0.1, -0.05) is 126 Å². The summed E-state index contributed by atoms with van der Waals surface area (Å²) >= 11 is 0. The Balaban J connectivity index is 1.97. The summed E-state index contributed by atoms with van der Waals surface area (Å²) in [4.78, 5) is 0. The van der Waals surface area contributed by atoms with Crippen molar-refractivity contribution in [3.8, 4) is 0 Å². The Morgan fingerprint density at radius 1 is 0.793 bits per heavy atom. The van der Waals surface area contributed by atoms with Gasteiger partial charge in [0.15, 0.2) is 0 Å². The largest absolute Gasteiger partial charge is 0.0931 e. The molecule has 1 unspecified atom stereocenters. The molecule has 0 N–H and O–H groups in total. The van der Waals surface area contributed by atoms with E-state index in [4.69, 9.17) is 0 Å². The molecule has 0 aromatic heterocycles. The van der Waals surface area contributed by atoms with Crippen LogP contribution >= 0.6 is 0 Å². The van der Waals surface area contributed by atoms with Crippen molar-refractivity contribution in [1.29, 1.82) is 0 Å². The molecule has 2 aliphatic rings. The van der Waals surface area contributed by atoms with E-state index in [0.29, 0.717) is 5.54 Å². The van der Waals surface area contributed by atoms with Gasteiger partial charge >= 0.3 is 0 Å². The maximum absolute atomic E-state index is 2.63. The third kappa shape index (κ3) is 3.28. The average Bonchev–Trinajstić information content (AvgIpc) is 3.21. The first-order valence-corrected chi connectivity index (χ1v) is 14.1. The highest BCUT2D eigenvalue weighted by atomic mass is 28.3. The van der Waals surface area contributed by atoms with E-state index >= 15 is 0 Å². The van der Waals surface area contributed by atoms with Crippen molar-refractivity contribution in [3.05, 3.63) is 81.9 Å². The van der Waals surface area contributed by atoms with Gasteiger partial charge in [-0.15, -0.1) is 0 Å². The third-order valence-corrected chi connectivity index (χ3v) is 10.9. The summed E-state index contributed by atoms with van der Waals surface area (Å²) in [5.41, 5.74) is 10.3. The van der Waals surface area contributed by atoms with Gasteiger partial charge in [-0.3, -0.25) is 0 Å². The van der Waals surface area contributed by atoms with Gasteiger partial charge in [0.1, 0.15) is 0 Å². The lowest BCUT2D eigenvalue weighted by Gasteiger charge is -2.41. The molecule has 2 aromatic rings. The average molecular weight is 401 g/mol. The van der Waals surface area contributed by atoms with Gasteiger partial charge in [0, 0.05) is 5.54 Å². The SMILES string of the molecule is CC(C)(C)C1=Cc2ccccc2C1[Si](C)(C)C1=C(C(C)(C)C)Cc2ccccc21. The topological polar surface area (TPSA) is 0 Å². The lowest BCUT2D eigenvalue weighted by molar-refractivity contribution is 0.491. The van der Waals surface area contributed by atoms with E-state index in [1.807, 2.05) is 0 Å². The summed E-state index contributed by atoms with van der Waals surface area (Å²) in [7, 11) is -1.87. The van der Waals surface area contributed by atoms with Gasteiger partial charge in [-0.25, -0.2) is 0 Å². The fourth-order valence-corrected chi connectivity index (χ4v) is 10.4. The molecule has 0 amide bonds. The number of allylic oxidation sites excluding steroid dienone is 2. The van der Waals surface area contributed by atoms with E-state index in [2.05, 4.69) is 109 Å². The van der Waals surface area contributed by atoms with Crippen LogP contribution in [0.2, 0.25) is 13.1 Å². The maximum atomic E-state index is 2.63. The Morgan fingerprint density at radius 2 is 1.41 bits per heavy atom. The van der Waals surface area contributed by atoms with Crippen LogP contribution in [0.15, 0.2) is 59.7 Å². The maximum Gasteiger partial charge on any atom is 0.0931 e. The molecule has 1 heteroatoms. The molecule has 0 saturated heterocycles. The molecule has 4 rings (SSSR count). The Kier molecular flexibility index (Phi) is 4.62. The second kappa shape index (κ2) is 6.57. The van der Waals surface area contributed by atoms with Crippen LogP contribution in [0.4, 0.5) is 0 Å². The van der Waals surface area contributed by atoms with E-state index in [1.54, 1.807) is 21.9 Å². The zero-order valence-electron chi connectivity index (χ0n) is 19.5. The number of hydrogen-bond donors (Lipinski definition) is 0. The molecular weight excluding hydrogens is 364 g/mol. The monoisotopic (exact) mass is 400 g/mol. The summed E-state index contributed by atoms with van der Waals surface area (Å²) in [6.07, 6.45) is 3.63. The van der Waals surface area contributed by atoms with Gasteiger partial charge < -0.3 is 0 Å². The predicted octanol–water partition coefficient (Wildman–Crippen LogP) is 8.06. The van der Waals surface area contributed by atoms with Gasteiger partial charge in [0.25, 0.3) is 0 Å². The molecule has 0 heterocycles. The molecule has 2 aromatic carbocycles. The van der Waals surface area contributed by atoms with Crippen LogP contribution in [0.3, 0.4) is 0 Å². The minimum absolute atomic E-state index is 0.175. The van der Waals surface area contributed by atoms with Crippen LogP contribution in [-0.4, -0.2) is 8.07 Å². The highest BCUT2D eigenvalue weighted by molar-refractivity contribution is 6.96. The smallest absolute Gasteiger partial charge is 0.0647 e. The second-order valence-corrected chi connectivity index (χ2v) is 16.1. The summed E-state index contributed by atoms with van der Waals surface area (Å²) in [5.74, 6) is 0. The van der Waals surface area contributed by atoms with Crippen LogP contribution < -0.4 is 0 Å². The highest BCUT2D eigenvalue weighted by Crippen LogP contribution is 2.56. The van der Waals surface area contributed by atoms with Crippen LogP contribution in [0.1, 0.15) is 69.3 Å². The minimum atomic E-state index is -1.87. The van der Waals surface area contributed by atoms with Crippen molar-refractivity contribution < 1.29 is 0 Å². The number of hydrogen-bond acceptors (Lipinski definition) is 0. The van der Waals surface area contributed by atoms with Crippen molar-refractivity contribution in [3.63, 3.8) is 0 Å². The van der Waals surface area contributed by atoms with Gasteiger partial charge in [0.05, 0.1) is 8.07 Å². The normalized spacial score (nSPS) is 19.3. The molecule has 0 fully saturated rings. The van der Waals surface area contributed by atoms with Gasteiger partial charge in [0.2, 0.25) is 0 Å². The second-order valence-electron chi connectivity index (χ2n) is 11.6. The van der Waals surface area contributed by atoms with Crippen LogP contribution in [-0.2, 0) is 6.42 Å². The van der Waals surface area contributed by atoms with Crippen molar-refractivity contribution in [2.75, 3.05) is 0 Å². The minimum Gasteiger partial charge on any atom is -0.0647 e. The highest BCUT2D eigenvalue weighted by Gasteiger charge is 2.48. The number of benzene rings is 2. The molecule has 0 bridgehead atoms. The summed E-state index contributed by atoms with van der Waals surface area (Å²) < 4.78 is 0. The Morgan fingerprint density at radius 3 is 2.07 bits per heavy atom. The predicted molar refractivity (Wildman–Crippen MR) is 131 cm³/mol. The van der Waals surface area contributed by atoms with E-state index in [0.717, 1.165) is 6.42 Å². The lowest BCUT2D eigenvalue weighted by Crippen LogP contribution is -2.40. The summed E-state index contributed by atoms with van der Waals surface area (Å²) in [6.45, 7) is 19.6. The van der Waals surface area contributed by atoms with Crippen LogP contribution in [0.25, 0.3) is 11.3 Å². The zero-order chi connectivity index (χ0) is 21.2. The van der Waals surface area contributed by atoms with Crippen molar-refractivity contribution in [1.82, 2.24) is 0 Å². The van der Waals surface area contributed by atoms with Crippen LogP contribution in [0.5, 0.6) is 0 Å². The third-order valence-electron chi connectivity index (χ3n) is 7.02. The fourth-order valence-electron chi connectivity index (χ4n) is 5.63. The van der Waals surface area contributed by atoms with E-state index < -0.39 is 8.07 Å². The molecule has 0 spiro atoms. The van der Waals surface area contributed by atoms with E-state index in [1.165, 1.54) is 16.7 Å². The van der Waals surface area contributed by atoms with Gasteiger partial charge in [-0.2, -0.15) is 0 Å². The molecule has 0 saturated carbocycles. The van der Waals surface area contributed by atoms with E-state index in [9.17, 15) is 0 Å². The number of rotatable bonds is 2. The summed E-state index contributed by atoms with van der Waals surface area (Å²) in [6, 6.07) is 18.3. The Hall–Kier alpha value is -1.86. The standard InChI is InChI=1S/C28H36Si/c1-27(2,3)23-17-19-13-9-11-15-21(19)25(23)29(7,8)26-22-16-12-10-14-20(22)18-24(26)28(4,5)6/h9-17,25H,18H2,1-8H3. The fraction of sp³-hybridized carbons (Fsp3) is 0.429. The molecule has 2 aliphatic carbocycles. The first-order valence-electron chi connectivity index (χ1n) is 11.1. The van der Waals surface area contributed by atoms with Gasteiger partial charge in [-0.05, 0) is 39.5 Å². The molecule has 29 heavy (non-hydrogen) atoms. The van der Waals surface area contributed by atoms with Crippen LogP contribution in [0, 0.1) is 10.8 Å². The Labute approximate surface area is 178 Å². The molecule has 1 atom stereocenters. The first-order chi connectivity index (χ1) is 13.4. The first kappa shape index (κ1) is 20.4.